The number of para-hydroxylation sites is 2. The summed E-state index contributed by atoms with van der Waals surface area (Å²) in [6, 6.07) is 13.5. The number of likely N-dealkylation sites (N-methyl/N-ethyl adjacent to an activating group) is 1. The maximum absolute atomic E-state index is 3.77. The van der Waals surface area contributed by atoms with Crippen molar-refractivity contribution in [2.75, 3.05) is 43.9 Å². The molecule has 0 radical (unpaired) electrons. The molecular weight excluding hydrogens is 568 g/mol. The Labute approximate surface area is 242 Å². The van der Waals surface area contributed by atoms with Crippen LogP contribution in [0.1, 0.15) is 101 Å². The van der Waals surface area contributed by atoms with Crippen molar-refractivity contribution in [3.8, 4) is 0 Å². The van der Waals surface area contributed by atoms with Crippen molar-refractivity contribution >= 4 is 11.4 Å². The molecule has 0 fully saturated rings. The third-order valence-corrected chi connectivity index (χ3v) is 6.34. The average molecular weight is 615 g/mol. The number of benzene rings is 2. The monoisotopic (exact) mass is 613 g/mol. The van der Waals surface area contributed by atoms with E-state index in [-0.39, 0.29) is 45.2 Å². The van der Waals surface area contributed by atoms with Gasteiger partial charge in [-0.3, -0.25) is 0 Å². The topological polar surface area (TPSA) is 27.3 Å². The number of anilines is 2. The first-order chi connectivity index (χ1) is 15.1. The molecule has 0 atom stereocenters. The predicted octanol–water partition coefficient (Wildman–Crippen LogP) is 1.64. The van der Waals surface area contributed by atoms with E-state index in [0.717, 1.165) is 26.2 Å². The van der Waals surface area contributed by atoms with E-state index in [1.165, 1.54) is 33.6 Å². The van der Waals surface area contributed by atoms with Crippen LogP contribution in [-0.4, -0.2) is 38.1 Å². The first kappa shape index (κ1) is 36.4. The molecule has 0 amide bonds. The normalized spacial score (nSPS) is 10.9. The van der Waals surface area contributed by atoms with E-state index in [1.54, 1.807) is 0 Å². The van der Waals surface area contributed by atoms with Gasteiger partial charge >= 0.3 is 20.4 Å². The molecule has 3 nitrogen and oxygen atoms in total. The van der Waals surface area contributed by atoms with E-state index in [0.29, 0.717) is 23.7 Å². The van der Waals surface area contributed by atoms with Crippen molar-refractivity contribution in [1.82, 2.24) is 4.90 Å². The molecule has 35 heavy (non-hydrogen) atoms. The fraction of sp³-hybridized carbons (Fsp3) is 0.586. The van der Waals surface area contributed by atoms with Gasteiger partial charge in [0.2, 0.25) is 0 Å². The Morgan fingerprint density at radius 3 is 1.06 bits per heavy atom. The number of nitrogens with zero attached hydrogens (tertiary/aromatic N) is 1. The Morgan fingerprint density at radius 2 is 0.829 bits per heavy atom. The zero-order chi connectivity index (χ0) is 23.8. The van der Waals surface area contributed by atoms with Crippen molar-refractivity contribution in [2.45, 2.75) is 79.1 Å². The Morgan fingerprint density at radius 1 is 0.571 bits per heavy atom. The Bertz CT molecular complexity index is 732. The van der Waals surface area contributed by atoms with Crippen molar-refractivity contribution in [3.63, 3.8) is 0 Å². The van der Waals surface area contributed by atoms with Crippen LogP contribution in [0.3, 0.4) is 0 Å². The Hall–Kier alpha value is -0.758. The van der Waals surface area contributed by atoms with Crippen LogP contribution in [-0.2, 0) is 20.4 Å². The molecule has 202 valence electrons. The van der Waals surface area contributed by atoms with Crippen LogP contribution in [0.5, 0.6) is 0 Å². The Kier molecular flexibility index (Phi) is 18.4. The van der Waals surface area contributed by atoms with Crippen LogP contribution in [0.25, 0.3) is 0 Å². The molecule has 0 aliphatic carbocycles. The van der Waals surface area contributed by atoms with Gasteiger partial charge in [0.25, 0.3) is 0 Å². The summed E-state index contributed by atoms with van der Waals surface area (Å²) >= 11 is 0. The second-order valence-electron chi connectivity index (χ2n) is 10.4. The molecule has 2 rings (SSSR count). The van der Waals surface area contributed by atoms with Crippen LogP contribution < -0.4 is 35.4 Å². The first-order valence-corrected chi connectivity index (χ1v) is 12.5. The summed E-state index contributed by atoms with van der Waals surface area (Å²) in [5.74, 6) is 2.09. The second-order valence-corrected chi connectivity index (χ2v) is 10.4. The van der Waals surface area contributed by atoms with Crippen LogP contribution >= 0.6 is 0 Å². The largest absolute Gasteiger partial charge is 2.00 e. The summed E-state index contributed by atoms with van der Waals surface area (Å²) in [6.45, 7) is 22.2. The molecule has 2 aromatic rings. The van der Waals surface area contributed by atoms with Gasteiger partial charge in [0.15, 0.2) is 0 Å². The first-order valence-electron chi connectivity index (χ1n) is 12.5. The molecule has 0 saturated carbocycles. The van der Waals surface area contributed by atoms with E-state index in [4.69, 9.17) is 0 Å². The van der Waals surface area contributed by atoms with Crippen LogP contribution in [0.2, 0.25) is 0 Å². The molecular formula is C29H47Cl2N3Pd. The van der Waals surface area contributed by atoms with E-state index in [1.807, 2.05) is 0 Å². The zero-order valence-corrected chi connectivity index (χ0v) is 26.2. The van der Waals surface area contributed by atoms with Crippen molar-refractivity contribution in [1.29, 1.82) is 0 Å². The van der Waals surface area contributed by atoms with E-state index >= 15 is 0 Å². The zero-order valence-electron chi connectivity index (χ0n) is 23.1. The summed E-state index contributed by atoms with van der Waals surface area (Å²) in [6.07, 6.45) is 0. The predicted molar refractivity (Wildman–Crippen MR) is 144 cm³/mol. The van der Waals surface area contributed by atoms with Crippen molar-refractivity contribution < 1.29 is 45.2 Å². The third-order valence-electron chi connectivity index (χ3n) is 6.34. The fourth-order valence-corrected chi connectivity index (χ4v) is 4.37. The summed E-state index contributed by atoms with van der Waals surface area (Å²) in [5, 5.41) is 7.54. The Balaban J connectivity index is 0. The van der Waals surface area contributed by atoms with E-state index < -0.39 is 0 Å². The van der Waals surface area contributed by atoms with Crippen LogP contribution in [0.15, 0.2) is 36.4 Å². The minimum atomic E-state index is 0. The fourth-order valence-electron chi connectivity index (χ4n) is 4.37. The molecule has 0 aromatic heterocycles. The maximum atomic E-state index is 3.77. The van der Waals surface area contributed by atoms with Gasteiger partial charge < -0.3 is 40.3 Å². The molecule has 0 aliphatic heterocycles. The average Bonchev–Trinajstić information content (AvgIpc) is 2.73. The summed E-state index contributed by atoms with van der Waals surface area (Å²) < 4.78 is 0. The van der Waals surface area contributed by atoms with Crippen molar-refractivity contribution in [3.05, 3.63) is 58.7 Å². The molecule has 0 bridgehead atoms. The van der Waals surface area contributed by atoms with Gasteiger partial charge in [0, 0.05) is 37.6 Å². The summed E-state index contributed by atoms with van der Waals surface area (Å²) in [4.78, 5) is 2.42. The molecule has 0 saturated heterocycles. The number of nitrogens with one attached hydrogen (secondary N) is 2. The number of hydrogen-bond acceptors (Lipinski definition) is 3. The van der Waals surface area contributed by atoms with E-state index in [9.17, 15) is 0 Å². The van der Waals surface area contributed by atoms with Gasteiger partial charge in [-0.25, -0.2) is 0 Å². The van der Waals surface area contributed by atoms with Crippen molar-refractivity contribution in [2.24, 2.45) is 0 Å². The molecule has 0 heterocycles. The van der Waals surface area contributed by atoms with Gasteiger partial charge in [-0.2, -0.15) is 0 Å². The molecule has 6 heteroatoms. The second kappa shape index (κ2) is 17.7. The SMILES string of the molecule is CC(C)c1cccc(C(C)C)c1NCCN(C)CCNc1c(C(C)C)cccc1C(C)C.[Cl-].[Cl-].[Pd+2]. The minimum Gasteiger partial charge on any atom is -1.00 e. The maximum Gasteiger partial charge on any atom is 2.00 e. The van der Waals surface area contributed by atoms with E-state index in [2.05, 4.69) is 114 Å². The standard InChI is InChI=1S/C29H47N3.2ClH.Pd/c1-20(2)24-12-10-13-25(21(3)4)28(24)30-16-18-32(9)19-17-31-29-26(22(5)6)14-11-15-27(29)23(7)8;;;/h10-15,20-23,30-31H,16-19H2,1-9H3;2*1H;/q;;;+2/p-2. The summed E-state index contributed by atoms with van der Waals surface area (Å²) in [5.41, 5.74) is 8.38. The molecule has 0 aliphatic rings. The third kappa shape index (κ3) is 10.6. The molecule has 2 N–H and O–H groups in total. The number of rotatable bonds is 12. The quantitative estimate of drug-likeness (QED) is 0.356. The summed E-state index contributed by atoms with van der Waals surface area (Å²) in [7, 11) is 2.22. The van der Waals surface area contributed by atoms with Gasteiger partial charge in [0.1, 0.15) is 0 Å². The number of hydrogen-bond donors (Lipinski definition) is 2. The van der Waals surface area contributed by atoms with Crippen LogP contribution in [0, 0.1) is 0 Å². The van der Waals surface area contributed by atoms with Gasteiger partial charge in [0.05, 0.1) is 0 Å². The minimum absolute atomic E-state index is 0. The molecule has 0 unspecified atom stereocenters. The number of halogens is 2. The van der Waals surface area contributed by atoms with Crippen LogP contribution in [0.4, 0.5) is 11.4 Å². The van der Waals surface area contributed by atoms with Gasteiger partial charge in [-0.05, 0) is 53.0 Å². The van der Waals surface area contributed by atoms with Gasteiger partial charge in [-0.15, -0.1) is 0 Å². The molecule has 0 spiro atoms. The smallest absolute Gasteiger partial charge is 1.00 e. The molecule has 2 aromatic carbocycles. The van der Waals surface area contributed by atoms with Gasteiger partial charge in [-0.1, -0.05) is 91.8 Å².